The number of hydrogen-bond acceptors (Lipinski definition) is 6. The molecule has 0 saturated heterocycles. The fourth-order valence-corrected chi connectivity index (χ4v) is 4.18. The van der Waals surface area contributed by atoms with Crippen molar-refractivity contribution in [3.8, 4) is 11.1 Å². The Morgan fingerprint density at radius 2 is 1.54 bits per heavy atom. The van der Waals surface area contributed by atoms with Gasteiger partial charge < -0.3 is 16.2 Å². The molecule has 1 amide bonds. The number of hydrogen-bond donors (Lipinski definition) is 3. The van der Waals surface area contributed by atoms with Gasteiger partial charge in [-0.1, -0.05) is 64.0 Å². The number of primary sulfonamides is 1. The lowest BCUT2D eigenvalue weighted by atomic mass is 9.96. The predicted molar refractivity (Wildman–Crippen MR) is 139 cm³/mol. The van der Waals surface area contributed by atoms with E-state index >= 15 is 0 Å². The van der Waals surface area contributed by atoms with Gasteiger partial charge in [0.15, 0.2) is 0 Å². The third kappa shape index (κ3) is 9.18. The molecule has 6 N–H and O–H groups in total. The molecule has 0 bridgehead atoms. The summed E-state index contributed by atoms with van der Waals surface area (Å²) in [5.41, 5.74) is 13.4. The molecule has 2 aromatic rings. The largest absolute Gasteiger partial charge is 0.463 e. The van der Waals surface area contributed by atoms with Crippen LogP contribution in [-0.2, 0) is 19.6 Å². The summed E-state index contributed by atoms with van der Waals surface area (Å²) in [7, 11) is -3.85. The molecule has 0 aliphatic rings. The smallest absolute Gasteiger partial charge is 0.330 e. The van der Waals surface area contributed by atoms with Crippen LogP contribution in [0.15, 0.2) is 47.4 Å². The number of ether oxygens (including phenoxy) is 1. The van der Waals surface area contributed by atoms with Crippen LogP contribution >= 0.6 is 0 Å². The van der Waals surface area contributed by atoms with Crippen LogP contribution in [0.25, 0.3) is 17.2 Å². The van der Waals surface area contributed by atoms with Crippen molar-refractivity contribution in [1.82, 2.24) is 0 Å². The summed E-state index contributed by atoms with van der Waals surface area (Å²) in [5.74, 6) is -1.21. The van der Waals surface area contributed by atoms with E-state index in [4.69, 9.17) is 21.3 Å². The molecule has 0 atom stereocenters. The summed E-state index contributed by atoms with van der Waals surface area (Å²) in [5, 5.41) is 5.15. The van der Waals surface area contributed by atoms with Crippen molar-refractivity contribution in [2.24, 2.45) is 10.9 Å². The maximum absolute atomic E-state index is 12.1. The van der Waals surface area contributed by atoms with Crippen molar-refractivity contribution >= 4 is 33.7 Å². The number of carbonyl (C=O) groups excluding carboxylic acids is 2. The number of primary amides is 1. The maximum atomic E-state index is 12.1. The van der Waals surface area contributed by atoms with Crippen LogP contribution in [0.5, 0.6) is 0 Å². The first kappa shape index (κ1) is 28.1. The van der Waals surface area contributed by atoms with Gasteiger partial charge >= 0.3 is 5.97 Å². The molecule has 35 heavy (non-hydrogen) atoms. The second kappa shape index (κ2) is 13.7. The zero-order valence-electron chi connectivity index (χ0n) is 20.2. The zero-order chi connectivity index (χ0) is 25.8. The van der Waals surface area contributed by atoms with Gasteiger partial charge in [0, 0.05) is 11.6 Å². The lowest BCUT2D eigenvalue weighted by molar-refractivity contribution is -0.137. The maximum Gasteiger partial charge on any atom is 0.330 e. The number of carbonyl (C=O) groups is 2. The van der Waals surface area contributed by atoms with Crippen LogP contribution in [0.4, 0.5) is 5.69 Å². The minimum absolute atomic E-state index is 0.0507. The Balaban J connectivity index is 2.03. The molecule has 0 spiro atoms. The van der Waals surface area contributed by atoms with Crippen molar-refractivity contribution in [3.05, 3.63) is 53.6 Å². The first-order chi connectivity index (χ1) is 16.6. The molecule has 0 aliphatic carbocycles. The lowest BCUT2D eigenvalue weighted by Crippen LogP contribution is -2.14. The van der Waals surface area contributed by atoms with E-state index in [2.05, 4.69) is 6.92 Å². The SMILES string of the molecule is CCCCCCCCCCOC(=O)/C=C/c1cc(C(N)=O)c(N)c(-c2ccc(S(N)(=O)=O)cc2)c1. The number of nitrogens with two attached hydrogens (primary N) is 3. The molecule has 0 aliphatic heterocycles. The highest BCUT2D eigenvalue weighted by molar-refractivity contribution is 7.89. The van der Waals surface area contributed by atoms with E-state index in [0.717, 1.165) is 19.3 Å². The Labute approximate surface area is 207 Å². The topological polar surface area (TPSA) is 156 Å². The fourth-order valence-electron chi connectivity index (χ4n) is 3.66. The molecular weight excluding hydrogens is 466 g/mol. The van der Waals surface area contributed by atoms with E-state index in [1.54, 1.807) is 6.07 Å². The average molecular weight is 502 g/mol. The van der Waals surface area contributed by atoms with Gasteiger partial charge in [-0.15, -0.1) is 0 Å². The van der Waals surface area contributed by atoms with E-state index in [0.29, 0.717) is 23.3 Å². The second-order valence-corrected chi connectivity index (χ2v) is 10.0. The van der Waals surface area contributed by atoms with Crippen LogP contribution in [-0.4, -0.2) is 26.9 Å². The molecule has 0 radical (unpaired) electrons. The van der Waals surface area contributed by atoms with Gasteiger partial charge in [0.25, 0.3) is 5.91 Å². The Kier molecular flexibility index (Phi) is 10.9. The van der Waals surface area contributed by atoms with Gasteiger partial charge in [-0.25, -0.2) is 18.4 Å². The molecule has 2 rings (SSSR count). The average Bonchev–Trinajstić information content (AvgIpc) is 2.81. The standard InChI is InChI=1S/C26H35N3O5S/c1-2-3-4-5-6-7-8-9-16-34-24(30)15-10-19-17-22(25(27)23(18-19)26(28)31)20-11-13-21(14-12-20)35(29,32)33/h10-15,17-18H,2-9,16,27H2,1H3,(H2,28,31)(H2,29,32,33)/b15-10+. The van der Waals surface area contributed by atoms with E-state index < -0.39 is 21.9 Å². The molecule has 2 aromatic carbocycles. The molecule has 0 heterocycles. The molecule has 0 unspecified atom stereocenters. The number of anilines is 1. The summed E-state index contributed by atoms with van der Waals surface area (Å²) < 4.78 is 28.3. The summed E-state index contributed by atoms with van der Waals surface area (Å²) in [6.45, 7) is 2.55. The van der Waals surface area contributed by atoms with Crippen LogP contribution in [0, 0.1) is 0 Å². The molecule has 190 valence electrons. The van der Waals surface area contributed by atoms with Crippen molar-refractivity contribution in [2.75, 3.05) is 12.3 Å². The van der Waals surface area contributed by atoms with Gasteiger partial charge in [-0.3, -0.25) is 4.79 Å². The van der Waals surface area contributed by atoms with Gasteiger partial charge in [-0.2, -0.15) is 0 Å². The quantitative estimate of drug-likeness (QED) is 0.151. The Morgan fingerprint density at radius 3 is 2.11 bits per heavy atom. The first-order valence-electron chi connectivity index (χ1n) is 11.8. The van der Waals surface area contributed by atoms with Crippen LogP contribution < -0.4 is 16.6 Å². The molecular formula is C26H35N3O5S. The van der Waals surface area contributed by atoms with E-state index in [1.807, 2.05) is 0 Å². The summed E-state index contributed by atoms with van der Waals surface area (Å²) in [6.07, 6.45) is 12.0. The Bertz CT molecular complexity index is 1140. The third-order valence-electron chi connectivity index (χ3n) is 5.62. The number of esters is 1. The highest BCUT2D eigenvalue weighted by atomic mass is 32.2. The summed E-state index contributed by atoms with van der Waals surface area (Å²) >= 11 is 0. The number of nitrogen functional groups attached to an aromatic ring is 1. The Morgan fingerprint density at radius 1 is 0.943 bits per heavy atom. The first-order valence-corrected chi connectivity index (χ1v) is 13.4. The summed E-state index contributed by atoms with van der Waals surface area (Å²) in [4.78, 5) is 24.0. The van der Waals surface area contributed by atoms with Gasteiger partial charge in [0.1, 0.15) is 0 Å². The zero-order valence-corrected chi connectivity index (χ0v) is 21.0. The van der Waals surface area contributed by atoms with E-state index in [1.165, 1.54) is 74.6 Å². The van der Waals surface area contributed by atoms with E-state index in [9.17, 15) is 18.0 Å². The fraction of sp³-hybridized carbons (Fsp3) is 0.385. The molecule has 0 aromatic heterocycles. The van der Waals surface area contributed by atoms with Crippen molar-refractivity contribution < 1.29 is 22.7 Å². The summed E-state index contributed by atoms with van der Waals surface area (Å²) in [6, 6.07) is 8.92. The van der Waals surface area contributed by atoms with Gasteiger partial charge in [0.2, 0.25) is 10.0 Å². The van der Waals surface area contributed by atoms with Crippen molar-refractivity contribution in [1.29, 1.82) is 0 Å². The van der Waals surface area contributed by atoms with Crippen molar-refractivity contribution in [3.63, 3.8) is 0 Å². The highest BCUT2D eigenvalue weighted by Gasteiger charge is 2.15. The second-order valence-electron chi connectivity index (χ2n) is 8.44. The van der Waals surface area contributed by atoms with E-state index in [-0.39, 0.29) is 16.1 Å². The predicted octanol–water partition coefficient (Wildman–Crippen LogP) is 4.38. The normalized spacial score (nSPS) is 11.6. The number of amides is 1. The number of sulfonamides is 1. The molecule has 0 fully saturated rings. The van der Waals surface area contributed by atoms with Crippen molar-refractivity contribution in [2.45, 2.75) is 63.2 Å². The Hall–Kier alpha value is -3.17. The third-order valence-corrected chi connectivity index (χ3v) is 6.54. The minimum atomic E-state index is -3.85. The molecule has 0 saturated carbocycles. The minimum Gasteiger partial charge on any atom is -0.463 e. The monoisotopic (exact) mass is 501 g/mol. The number of benzene rings is 2. The van der Waals surface area contributed by atoms with Gasteiger partial charge in [0.05, 0.1) is 22.8 Å². The number of rotatable bonds is 14. The van der Waals surface area contributed by atoms with Gasteiger partial charge in [-0.05, 0) is 47.9 Å². The molecule has 8 nitrogen and oxygen atoms in total. The van der Waals surface area contributed by atoms with Crippen LogP contribution in [0.1, 0.15) is 74.2 Å². The lowest BCUT2D eigenvalue weighted by Gasteiger charge is -2.12. The highest BCUT2D eigenvalue weighted by Crippen LogP contribution is 2.31. The molecule has 9 heteroatoms. The number of unbranched alkanes of at least 4 members (excludes halogenated alkanes) is 7. The van der Waals surface area contributed by atoms with Crippen LogP contribution in [0.2, 0.25) is 0 Å². The van der Waals surface area contributed by atoms with Crippen LogP contribution in [0.3, 0.4) is 0 Å².